The summed E-state index contributed by atoms with van der Waals surface area (Å²) in [5, 5.41) is 4.25. The minimum Gasteiger partial charge on any atom is -0.397 e. The number of anilines is 2. The Morgan fingerprint density at radius 3 is 2.81 bits per heavy atom. The number of nitrogen functional groups attached to an aromatic ring is 1. The van der Waals surface area contributed by atoms with Crippen LogP contribution in [0.4, 0.5) is 11.4 Å². The molecule has 3 nitrogen and oxygen atoms in total. The molecule has 0 fully saturated rings. The third-order valence-electron chi connectivity index (χ3n) is 4.37. The molecule has 0 aromatic heterocycles. The number of hydrogen-bond acceptors (Lipinski definition) is 3. The summed E-state index contributed by atoms with van der Waals surface area (Å²) in [6.07, 6.45) is 4.62. The third-order valence-corrected chi connectivity index (χ3v) is 4.72. The molecule has 21 heavy (non-hydrogen) atoms. The van der Waals surface area contributed by atoms with Gasteiger partial charge in [-0.3, -0.25) is 4.90 Å². The van der Waals surface area contributed by atoms with Crippen molar-refractivity contribution in [1.82, 2.24) is 4.90 Å². The van der Waals surface area contributed by atoms with Crippen molar-refractivity contribution >= 4 is 23.0 Å². The van der Waals surface area contributed by atoms with Gasteiger partial charge in [0.2, 0.25) is 0 Å². The van der Waals surface area contributed by atoms with Crippen LogP contribution in [-0.4, -0.2) is 24.0 Å². The molecule has 1 aromatic rings. The van der Waals surface area contributed by atoms with Gasteiger partial charge >= 0.3 is 0 Å². The average molecular weight is 308 g/mol. The number of fused-ring (bicyclic) bond motifs is 1. The SMILES string of the molecule is CCC(=CCN1Cc2c(Cl)ccc(N)c2NC[C@@H]1C)CC. The Morgan fingerprint density at radius 2 is 2.14 bits per heavy atom. The largest absolute Gasteiger partial charge is 0.397 e. The van der Waals surface area contributed by atoms with E-state index in [1.165, 1.54) is 5.57 Å². The second kappa shape index (κ2) is 7.19. The smallest absolute Gasteiger partial charge is 0.0635 e. The molecule has 1 aliphatic heterocycles. The molecule has 116 valence electrons. The summed E-state index contributed by atoms with van der Waals surface area (Å²) in [7, 11) is 0. The summed E-state index contributed by atoms with van der Waals surface area (Å²) >= 11 is 6.38. The molecule has 3 N–H and O–H groups in total. The van der Waals surface area contributed by atoms with Crippen molar-refractivity contribution in [1.29, 1.82) is 0 Å². The molecule has 1 atom stereocenters. The van der Waals surface area contributed by atoms with Crippen molar-refractivity contribution in [2.45, 2.75) is 46.2 Å². The molecular weight excluding hydrogens is 282 g/mol. The van der Waals surface area contributed by atoms with Gasteiger partial charge in [0, 0.05) is 36.3 Å². The van der Waals surface area contributed by atoms with Crippen molar-refractivity contribution in [3.63, 3.8) is 0 Å². The monoisotopic (exact) mass is 307 g/mol. The quantitative estimate of drug-likeness (QED) is 0.644. The summed E-state index contributed by atoms with van der Waals surface area (Å²) in [5.41, 5.74) is 10.5. The topological polar surface area (TPSA) is 41.3 Å². The molecule has 2 rings (SSSR count). The van der Waals surface area contributed by atoms with Crippen LogP contribution in [0.3, 0.4) is 0 Å². The lowest BCUT2D eigenvalue weighted by molar-refractivity contribution is 0.236. The lowest BCUT2D eigenvalue weighted by Gasteiger charge is -2.26. The zero-order valence-electron chi connectivity index (χ0n) is 13.2. The van der Waals surface area contributed by atoms with Gasteiger partial charge in [-0.15, -0.1) is 0 Å². The van der Waals surface area contributed by atoms with Crippen molar-refractivity contribution in [2.75, 3.05) is 24.1 Å². The first-order chi connectivity index (χ1) is 10.1. The fourth-order valence-corrected chi connectivity index (χ4v) is 2.99. The lowest BCUT2D eigenvalue weighted by atomic mass is 10.1. The number of allylic oxidation sites excluding steroid dienone is 1. The Bertz CT molecular complexity index is 519. The Hall–Kier alpha value is -1.19. The second-order valence-electron chi connectivity index (χ2n) is 5.72. The molecule has 1 heterocycles. The summed E-state index contributed by atoms with van der Waals surface area (Å²) in [4.78, 5) is 2.45. The van der Waals surface area contributed by atoms with Gasteiger partial charge in [0.15, 0.2) is 0 Å². The molecule has 0 radical (unpaired) electrons. The highest BCUT2D eigenvalue weighted by molar-refractivity contribution is 6.32. The van der Waals surface area contributed by atoms with E-state index in [1.807, 2.05) is 12.1 Å². The third kappa shape index (κ3) is 3.72. The van der Waals surface area contributed by atoms with Gasteiger partial charge in [0.25, 0.3) is 0 Å². The van der Waals surface area contributed by atoms with Crippen LogP contribution in [0.15, 0.2) is 23.8 Å². The molecular formula is C17H26ClN3. The van der Waals surface area contributed by atoms with Crippen LogP contribution in [0.5, 0.6) is 0 Å². The normalized spacial score (nSPS) is 18.6. The van der Waals surface area contributed by atoms with Gasteiger partial charge in [-0.1, -0.05) is 37.1 Å². The van der Waals surface area contributed by atoms with E-state index >= 15 is 0 Å². The maximum absolute atomic E-state index is 6.38. The predicted octanol–water partition coefficient (Wildman–Crippen LogP) is 4.28. The Morgan fingerprint density at radius 1 is 1.43 bits per heavy atom. The van der Waals surface area contributed by atoms with E-state index in [2.05, 4.69) is 37.1 Å². The van der Waals surface area contributed by atoms with E-state index in [1.54, 1.807) is 0 Å². The van der Waals surface area contributed by atoms with E-state index in [0.29, 0.717) is 6.04 Å². The van der Waals surface area contributed by atoms with Crippen LogP contribution in [-0.2, 0) is 6.54 Å². The van der Waals surface area contributed by atoms with Gasteiger partial charge in [-0.25, -0.2) is 0 Å². The average Bonchev–Trinajstić information content (AvgIpc) is 2.65. The summed E-state index contributed by atoms with van der Waals surface area (Å²) in [5.74, 6) is 0. The van der Waals surface area contributed by atoms with Gasteiger partial charge < -0.3 is 11.1 Å². The lowest BCUT2D eigenvalue weighted by Crippen LogP contribution is -2.35. The maximum atomic E-state index is 6.38. The van der Waals surface area contributed by atoms with Gasteiger partial charge in [-0.05, 0) is 31.9 Å². The minimum absolute atomic E-state index is 0.444. The van der Waals surface area contributed by atoms with Gasteiger partial charge in [-0.2, -0.15) is 0 Å². The zero-order valence-corrected chi connectivity index (χ0v) is 14.0. The van der Waals surface area contributed by atoms with E-state index in [-0.39, 0.29) is 0 Å². The minimum atomic E-state index is 0.444. The number of benzene rings is 1. The standard InChI is InChI=1S/C17H26ClN3/c1-4-13(5-2)8-9-21-11-14-15(18)6-7-16(19)17(14)20-10-12(21)3/h6-8,12,20H,4-5,9-11,19H2,1-3H3/t12-/m0/s1. The number of nitrogens with zero attached hydrogens (tertiary/aromatic N) is 1. The van der Waals surface area contributed by atoms with Gasteiger partial charge in [0.05, 0.1) is 11.4 Å². The van der Waals surface area contributed by atoms with Gasteiger partial charge in [0.1, 0.15) is 0 Å². The molecule has 0 spiro atoms. The Kier molecular flexibility index (Phi) is 5.54. The van der Waals surface area contributed by atoms with Crippen LogP contribution >= 0.6 is 11.6 Å². The number of nitrogens with one attached hydrogen (secondary N) is 1. The Labute approximate surface area is 133 Å². The highest BCUT2D eigenvalue weighted by Crippen LogP contribution is 2.33. The molecule has 0 amide bonds. The number of halogens is 1. The van der Waals surface area contributed by atoms with Crippen LogP contribution in [0.2, 0.25) is 5.02 Å². The van der Waals surface area contributed by atoms with Crippen LogP contribution in [0.25, 0.3) is 0 Å². The molecule has 0 unspecified atom stereocenters. The van der Waals surface area contributed by atoms with Crippen LogP contribution < -0.4 is 11.1 Å². The number of rotatable bonds is 4. The second-order valence-corrected chi connectivity index (χ2v) is 6.13. The van der Waals surface area contributed by atoms with E-state index in [9.17, 15) is 0 Å². The van der Waals surface area contributed by atoms with Crippen LogP contribution in [0.1, 0.15) is 39.2 Å². The molecule has 0 bridgehead atoms. The molecule has 1 aromatic carbocycles. The summed E-state index contributed by atoms with van der Waals surface area (Å²) in [6.45, 7) is 9.37. The maximum Gasteiger partial charge on any atom is 0.0635 e. The highest BCUT2D eigenvalue weighted by atomic mass is 35.5. The highest BCUT2D eigenvalue weighted by Gasteiger charge is 2.22. The fourth-order valence-electron chi connectivity index (χ4n) is 2.77. The first-order valence-corrected chi connectivity index (χ1v) is 8.17. The van der Waals surface area contributed by atoms with Crippen molar-refractivity contribution in [3.05, 3.63) is 34.4 Å². The molecule has 0 aliphatic carbocycles. The van der Waals surface area contributed by atoms with Crippen molar-refractivity contribution in [3.8, 4) is 0 Å². The van der Waals surface area contributed by atoms with E-state index in [0.717, 1.165) is 54.4 Å². The molecule has 4 heteroatoms. The zero-order chi connectivity index (χ0) is 15.4. The number of hydrogen-bond donors (Lipinski definition) is 2. The first-order valence-electron chi connectivity index (χ1n) is 7.79. The first kappa shape index (κ1) is 16.2. The summed E-state index contributed by atoms with van der Waals surface area (Å²) < 4.78 is 0. The molecule has 0 saturated heterocycles. The Balaban J connectivity index is 2.24. The predicted molar refractivity (Wildman–Crippen MR) is 92.9 cm³/mol. The van der Waals surface area contributed by atoms with E-state index in [4.69, 9.17) is 17.3 Å². The molecule has 1 aliphatic rings. The van der Waals surface area contributed by atoms with E-state index < -0.39 is 0 Å². The van der Waals surface area contributed by atoms with Crippen LogP contribution in [0, 0.1) is 0 Å². The number of nitrogens with two attached hydrogens (primary N) is 1. The van der Waals surface area contributed by atoms with Crippen molar-refractivity contribution < 1.29 is 0 Å². The summed E-state index contributed by atoms with van der Waals surface area (Å²) in [6, 6.07) is 4.21. The fraction of sp³-hybridized carbons (Fsp3) is 0.529. The van der Waals surface area contributed by atoms with Crippen molar-refractivity contribution in [2.24, 2.45) is 0 Å². The molecule has 0 saturated carbocycles.